The first-order valence-electron chi connectivity index (χ1n) is 4.79. The third-order valence-corrected chi connectivity index (χ3v) is 3.42. The number of ether oxygens (including phenoxy) is 1. The largest absolute Gasteiger partial charge is 0.459 e. The maximum absolute atomic E-state index is 11.7. The number of ketones is 1. The summed E-state index contributed by atoms with van der Waals surface area (Å²) < 4.78 is 5.28. The minimum Gasteiger partial charge on any atom is -0.459 e. The standard InChI is InChI=1S/C10H14O3/c1-3-10-6-9(2,13-8(10)12)5-4-7(10)11/h3-6H2,1-2H3/t9-,10-/m0/s1. The molecular weight excluding hydrogens is 168 g/mol. The van der Waals surface area contributed by atoms with Crippen LogP contribution in [0.4, 0.5) is 0 Å². The fraction of sp³-hybridized carbons (Fsp3) is 0.800. The SMILES string of the molecule is CC[C@]12C[C@](C)(CCC1=O)OC2=O. The number of fused-ring (bicyclic) bond motifs is 2. The van der Waals surface area contributed by atoms with E-state index in [0.717, 1.165) is 0 Å². The second-order valence-corrected chi connectivity index (χ2v) is 4.38. The van der Waals surface area contributed by atoms with Crippen LogP contribution < -0.4 is 0 Å². The molecule has 0 unspecified atom stereocenters. The zero-order chi connectivity index (χ0) is 9.69. The summed E-state index contributed by atoms with van der Waals surface area (Å²) in [4.78, 5) is 23.2. The number of carbonyl (C=O) groups is 2. The third kappa shape index (κ3) is 0.960. The van der Waals surface area contributed by atoms with Crippen molar-refractivity contribution in [3.05, 3.63) is 0 Å². The van der Waals surface area contributed by atoms with Crippen molar-refractivity contribution in [1.82, 2.24) is 0 Å². The van der Waals surface area contributed by atoms with Crippen molar-refractivity contribution in [1.29, 1.82) is 0 Å². The molecular formula is C10H14O3. The summed E-state index contributed by atoms with van der Waals surface area (Å²) >= 11 is 0. The van der Waals surface area contributed by atoms with E-state index >= 15 is 0 Å². The van der Waals surface area contributed by atoms with E-state index < -0.39 is 5.41 Å². The van der Waals surface area contributed by atoms with Crippen LogP contribution in [0.5, 0.6) is 0 Å². The van der Waals surface area contributed by atoms with E-state index in [1.54, 1.807) is 0 Å². The van der Waals surface area contributed by atoms with Crippen LogP contribution in [0.15, 0.2) is 0 Å². The molecule has 1 aliphatic heterocycles. The third-order valence-electron chi connectivity index (χ3n) is 3.42. The predicted octanol–water partition coefficient (Wildman–Crippen LogP) is 1.45. The Morgan fingerprint density at radius 1 is 1.46 bits per heavy atom. The molecule has 0 spiro atoms. The highest BCUT2D eigenvalue weighted by Crippen LogP contribution is 2.50. The molecule has 2 bridgehead atoms. The van der Waals surface area contributed by atoms with Crippen molar-refractivity contribution in [3.63, 3.8) is 0 Å². The Balaban J connectivity index is 2.43. The second kappa shape index (κ2) is 2.34. The van der Waals surface area contributed by atoms with Gasteiger partial charge in [-0.1, -0.05) is 6.92 Å². The highest BCUT2D eigenvalue weighted by Gasteiger charge is 2.60. The van der Waals surface area contributed by atoms with E-state index in [0.29, 0.717) is 25.7 Å². The van der Waals surface area contributed by atoms with Gasteiger partial charge in [-0.2, -0.15) is 0 Å². The second-order valence-electron chi connectivity index (χ2n) is 4.38. The molecule has 2 rings (SSSR count). The molecule has 1 heterocycles. The number of carbonyl (C=O) groups excluding carboxylic acids is 2. The molecule has 2 fully saturated rings. The lowest BCUT2D eigenvalue weighted by molar-refractivity contribution is -0.153. The van der Waals surface area contributed by atoms with Gasteiger partial charge >= 0.3 is 5.97 Å². The Kier molecular flexibility index (Phi) is 1.57. The quantitative estimate of drug-likeness (QED) is 0.455. The zero-order valence-corrected chi connectivity index (χ0v) is 8.05. The van der Waals surface area contributed by atoms with E-state index in [2.05, 4.69) is 0 Å². The number of hydrogen-bond donors (Lipinski definition) is 0. The summed E-state index contributed by atoms with van der Waals surface area (Å²) in [5, 5.41) is 0. The van der Waals surface area contributed by atoms with Gasteiger partial charge in [0.1, 0.15) is 16.8 Å². The monoisotopic (exact) mass is 182 g/mol. The first-order chi connectivity index (χ1) is 6.02. The minimum atomic E-state index is -0.785. The Labute approximate surface area is 77.4 Å². The molecule has 0 aromatic carbocycles. The lowest BCUT2D eigenvalue weighted by Gasteiger charge is -2.30. The summed E-state index contributed by atoms with van der Waals surface area (Å²) in [6, 6.07) is 0. The predicted molar refractivity (Wildman–Crippen MR) is 46.1 cm³/mol. The van der Waals surface area contributed by atoms with Crippen molar-refractivity contribution < 1.29 is 14.3 Å². The van der Waals surface area contributed by atoms with Gasteiger partial charge in [0.2, 0.25) is 0 Å². The molecule has 1 saturated carbocycles. The molecule has 0 N–H and O–H groups in total. The van der Waals surface area contributed by atoms with E-state index in [4.69, 9.17) is 4.74 Å². The summed E-state index contributed by atoms with van der Waals surface area (Å²) in [7, 11) is 0. The van der Waals surface area contributed by atoms with Crippen LogP contribution in [0.25, 0.3) is 0 Å². The van der Waals surface area contributed by atoms with Crippen LogP contribution >= 0.6 is 0 Å². The normalized spacial score (nSPS) is 43.5. The Bertz CT molecular complexity index is 284. The van der Waals surface area contributed by atoms with Gasteiger partial charge in [0, 0.05) is 12.8 Å². The maximum atomic E-state index is 11.7. The van der Waals surface area contributed by atoms with Gasteiger partial charge in [-0.25, -0.2) is 0 Å². The van der Waals surface area contributed by atoms with Crippen LogP contribution in [-0.2, 0) is 14.3 Å². The Morgan fingerprint density at radius 3 is 2.69 bits per heavy atom. The van der Waals surface area contributed by atoms with Crippen LogP contribution in [0, 0.1) is 5.41 Å². The molecule has 1 saturated heterocycles. The lowest BCUT2D eigenvalue weighted by Crippen LogP contribution is -2.39. The summed E-state index contributed by atoms with van der Waals surface area (Å²) in [6.45, 7) is 3.81. The summed E-state index contributed by atoms with van der Waals surface area (Å²) in [5.41, 5.74) is -1.14. The Morgan fingerprint density at radius 2 is 2.15 bits per heavy atom. The van der Waals surface area contributed by atoms with Crippen LogP contribution in [0.3, 0.4) is 0 Å². The van der Waals surface area contributed by atoms with Crippen molar-refractivity contribution in [2.75, 3.05) is 0 Å². The average Bonchev–Trinajstić information content (AvgIpc) is 2.31. The van der Waals surface area contributed by atoms with Gasteiger partial charge in [0.15, 0.2) is 0 Å². The summed E-state index contributed by atoms with van der Waals surface area (Å²) in [6.07, 6.45) is 2.36. The minimum absolute atomic E-state index is 0.0787. The van der Waals surface area contributed by atoms with E-state index in [-0.39, 0.29) is 17.4 Å². The van der Waals surface area contributed by atoms with Crippen LogP contribution in [-0.4, -0.2) is 17.4 Å². The number of esters is 1. The van der Waals surface area contributed by atoms with Gasteiger partial charge in [-0.3, -0.25) is 9.59 Å². The Hall–Kier alpha value is -0.860. The first-order valence-corrected chi connectivity index (χ1v) is 4.79. The molecule has 13 heavy (non-hydrogen) atoms. The molecule has 72 valence electrons. The van der Waals surface area contributed by atoms with Crippen molar-refractivity contribution >= 4 is 11.8 Å². The molecule has 0 aromatic heterocycles. The topological polar surface area (TPSA) is 43.4 Å². The fourth-order valence-corrected chi connectivity index (χ4v) is 2.50. The van der Waals surface area contributed by atoms with Gasteiger partial charge in [-0.15, -0.1) is 0 Å². The van der Waals surface area contributed by atoms with Crippen molar-refractivity contribution in [2.24, 2.45) is 5.41 Å². The molecule has 0 radical (unpaired) electrons. The molecule has 2 atom stereocenters. The molecule has 2 aliphatic rings. The van der Waals surface area contributed by atoms with E-state index in [1.807, 2.05) is 13.8 Å². The molecule has 1 aliphatic carbocycles. The first kappa shape index (κ1) is 8.73. The van der Waals surface area contributed by atoms with Gasteiger partial charge < -0.3 is 4.74 Å². The molecule has 0 amide bonds. The maximum Gasteiger partial charge on any atom is 0.320 e. The molecule has 3 heteroatoms. The lowest BCUT2D eigenvalue weighted by atomic mass is 9.68. The zero-order valence-electron chi connectivity index (χ0n) is 8.05. The fourth-order valence-electron chi connectivity index (χ4n) is 2.50. The van der Waals surface area contributed by atoms with E-state index in [9.17, 15) is 9.59 Å². The number of hydrogen-bond acceptors (Lipinski definition) is 3. The van der Waals surface area contributed by atoms with Gasteiger partial charge in [0.25, 0.3) is 0 Å². The smallest absolute Gasteiger partial charge is 0.320 e. The highest BCUT2D eigenvalue weighted by molar-refractivity contribution is 6.06. The average molecular weight is 182 g/mol. The van der Waals surface area contributed by atoms with Gasteiger partial charge in [0.05, 0.1) is 0 Å². The number of rotatable bonds is 1. The number of Topliss-reactive ketones (excluding diaryl/α,β-unsaturated/α-hetero) is 1. The van der Waals surface area contributed by atoms with E-state index in [1.165, 1.54) is 0 Å². The van der Waals surface area contributed by atoms with Crippen molar-refractivity contribution in [3.8, 4) is 0 Å². The highest BCUT2D eigenvalue weighted by atomic mass is 16.6. The van der Waals surface area contributed by atoms with Crippen LogP contribution in [0.1, 0.15) is 39.5 Å². The van der Waals surface area contributed by atoms with Crippen LogP contribution in [0.2, 0.25) is 0 Å². The van der Waals surface area contributed by atoms with Gasteiger partial charge in [-0.05, 0) is 19.8 Å². The molecule has 3 nitrogen and oxygen atoms in total. The molecule has 0 aromatic rings. The van der Waals surface area contributed by atoms with Crippen molar-refractivity contribution in [2.45, 2.75) is 45.1 Å². The summed E-state index contributed by atoms with van der Waals surface area (Å²) in [5.74, 6) is -0.213.